The molecule has 30 heavy (non-hydrogen) atoms. The zero-order chi connectivity index (χ0) is 20.8. The van der Waals surface area contributed by atoms with Crippen LogP contribution >= 0.6 is 0 Å². The van der Waals surface area contributed by atoms with Crippen molar-refractivity contribution in [3.8, 4) is 11.5 Å². The molecule has 152 valence electrons. The Morgan fingerprint density at radius 1 is 0.833 bits per heavy atom. The number of carbonyl (C=O) groups is 2. The smallest absolute Gasteiger partial charge is 0.319 e. The number of carbonyl (C=O) groups excluding carboxylic acids is 2. The Balaban J connectivity index is 1.31. The average Bonchev–Trinajstić information content (AvgIpc) is 2.79. The summed E-state index contributed by atoms with van der Waals surface area (Å²) in [4.78, 5) is 28.4. The molecule has 8 nitrogen and oxygen atoms in total. The van der Waals surface area contributed by atoms with Crippen molar-refractivity contribution in [1.82, 2.24) is 10.3 Å². The number of urea groups is 1. The van der Waals surface area contributed by atoms with E-state index in [2.05, 4.69) is 20.9 Å². The summed E-state index contributed by atoms with van der Waals surface area (Å²) in [5, 5.41) is 8.33. The Hall–Kier alpha value is -4.07. The fourth-order valence-electron chi connectivity index (χ4n) is 2.89. The molecule has 1 aromatic heterocycles. The van der Waals surface area contributed by atoms with E-state index in [9.17, 15) is 9.59 Å². The zero-order valence-electron chi connectivity index (χ0n) is 16.1. The first kappa shape index (κ1) is 19.3. The Morgan fingerprint density at radius 3 is 2.30 bits per heavy atom. The highest BCUT2D eigenvalue weighted by atomic mass is 16.6. The van der Waals surface area contributed by atoms with Crippen LogP contribution in [0.5, 0.6) is 11.5 Å². The molecule has 4 rings (SSSR count). The van der Waals surface area contributed by atoms with Gasteiger partial charge in [0.2, 0.25) is 0 Å². The van der Waals surface area contributed by atoms with Crippen LogP contribution in [0.4, 0.5) is 16.2 Å². The van der Waals surface area contributed by atoms with Crippen LogP contribution in [0.1, 0.15) is 15.9 Å². The van der Waals surface area contributed by atoms with Crippen molar-refractivity contribution in [1.29, 1.82) is 0 Å². The number of nitrogens with one attached hydrogen (secondary N) is 3. The number of anilines is 2. The summed E-state index contributed by atoms with van der Waals surface area (Å²) < 4.78 is 11.0. The molecular formula is C22H20N4O4. The molecule has 1 aliphatic heterocycles. The monoisotopic (exact) mass is 404 g/mol. The van der Waals surface area contributed by atoms with E-state index in [1.54, 1.807) is 54.9 Å². The van der Waals surface area contributed by atoms with Crippen LogP contribution < -0.4 is 25.4 Å². The lowest BCUT2D eigenvalue weighted by atomic mass is 10.2. The highest BCUT2D eigenvalue weighted by Gasteiger charge is 2.13. The number of pyridine rings is 1. The van der Waals surface area contributed by atoms with Gasteiger partial charge in [-0.05, 0) is 54.1 Å². The highest BCUT2D eigenvalue weighted by molar-refractivity contribution is 6.04. The normalized spacial score (nSPS) is 12.0. The molecule has 3 aromatic rings. The van der Waals surface area contributed by atoms with Crippen molar-refractivity contribution in [2.24, 2.45) is 0 Å². The molecule has 0 fully saturated rings. The van der Waals surface area contributed by atoms with E-state index in [1.807, 2.05) is 12.1 Å². The van der Waals surface area contributed by atoms with Gasteiger partial charge < -0.3 is 25.4 Å². The Bertz CT molecular complexity index is 1040. The third-order valence-corrected chi connectivity index (χ3v) is 4.41. The molecule has 3 amide bonds. The van der Waals surface area contributed by atoms with Crippen molar-refractivity contribution >= 4 is 23.3 Å². The van der Waals surface area contributed by atoms with Crippen LogP contribution in [0.3, 0.4) is 0 Å². The lowest BCUT2D eigenvalue weighted by Crippen LogP contribution is -2.28. The minimum absolute atomic E-state index is 0.264. The number of rotatable bonds is 5. The van der Waals surface area contributed by atoms with E-state index in [0.717, 1.165) is 5.56 Å². The van der Waals surface area contributed by atoms with Gasteiger partial charge in [0.1, 0.15) is 13.2 Å². The third kappa shape index (κ3) is 4.85. The molecule has 0 saturated carbocycles. The summed E-state index contributed by atoms with van der Waals surface area (Å²) in [5.74, 6) is 1.01. The van der Waals surface area contributed by atoms with Crippen LogP contribution in [-0.4, -0.2) is 30.1 Å². The number of hydrogen-bond donors (Lipinski definition) is 3. The van der Waals surface area contributed by atoms with Crippen molar-refractivity contribution in [3.05, 3.63) is 78.1 Å². The lowest BCUT2D eigenvalue weighted by molar-refractivity contribution is 0.102. The second-order valence-corrected chi connectivity index (χ2v) is 6.55. The first-order chi connectivity index (χ1) is 14.7. The Labute approximate surface area is 173 Å². The number of amides is 3. The van der Waals surface area contributed by atoms with Crippen LogP contribution in [-0.2, 0) is 6.54 Å². The summed E-state index contributed by atoms with van der Waals surface area (Å²) in [5.41, 5.74) is 2.61. The molecule has 2 heterocycles. The minimum Gasteiger partial charge on any atom is -0.486 e. The summed E-state index contributed by atoms with van der Waals surface area (Å²) in [6.07, 6.45) is 3.34. The molecule has 0 radical (unpaired) electrons. The molecule has 8 heteroatoms. The SMILES string of the molecule is O=C(NCc1ccncc1)Nc1ccc(C(=O)Nc2ccc3c(c2)OCCO3)cc1. The van der Waals surface area contributed by atoms with Crippen LogP contribution in [0, 0.1) is 0 Å². The average molecular weight is 404 g/mol. The van der Waals surface area contributed by atoms with Crippen molar-refractivity contribution in [2.45, 2.75) is 6.54 Å². The molecule has 0 aliphatic carbocycles. The van der Waals surface area contributed by atoms with Gasteiger partial charge in [-0.3, -0.25) is 9.78 Å². The molecule has 0 atom stereocenters. The largest absolute Gasteiger partial charge is 0.486 e. The van der Waals surface area contributed by atoms with E-state index >= 15 is 0 Å². The van der Waals surface area contributed by atoms with Gasteiger partial charge >= 0.3 is 6.03 Å². The molecule has 0 saturated heterocycles. The van der Waals surface area contributed by atoms with E-state index in [-0.39, 0.29) is 11.9 Å². The maximum Gasteiger partial charge on any atom is 0.319 e. The first-order valence-electron chi connectivity index (χ1n) is 9.42. The number of fused-ring (bicyclic) bond motifs is 1. The van der Waals surface area contributed by atoms with Crippen LogP contribution in [0.2, 0.25) is 0 Å². The van der Waals surface area contributed by atoms with Gasteiger partial charge in [-0.15, -0.1) is 0 Å². The highest BCUT2D eigenvalue weighted by Crippen LogP contribution is 2.32. The second-order valence-electron chi connectivity index (χ2n) is 6.55. The Morgan fingerprint density at radius 2 is 1.53 bits per heavy atom. The molecule has 2 aromatic carbocycles. The van der Waals surface area contributed by atoms with Crippen molar-refractivity contribution in [2.75, 3.05) is 23.8 Å². The van der Waals surface area contributed by atoms with Gasteiger partial charge in [-0.2, -0.15) is 0 Å². The van der Waals surface area contributed by atoms with E-state index in [1.165, 1.54) is 0 Å². The number of hydrogen-bond acceptors (Lipinski definition) is 5. The number of ether oxygens (including phenoxy) is 2. The fourth-order valence-corrected chi connectivity index (χ4v) is 2.89. The maximum atomic E-state index is 12.5. The Kier molecular flexibility index (Phi) is 5.75. The van der Waals surface area contributed by atoms with Crippen molar-refractivity contribution < 1.29 is 19.1 Å². The van der Waals surface area contributed by atoms with Gasteiger partial charge in [-0.1, -0.05) is 0 Å². The summed E-state index contributed by atoms with van der Waals surface area (Å²) in [7, 11) is 0. The van der Waals surface area contributed by atoms with Crippen molar-refractivity contribution in [3.63, 3.8) is 0 Å². The number of nitrogens with zero attached hydrogens (tertiary/aromatic N) is 1. The van der Waals surface area contributed by atoms with Crippen LogP contribution in [0.25, 0.3) is 0 Å². The van der Waals surface area contributed by atoms with Gasteiger partial charge in [0, 0.05) is 41.9 Å². The van der Waals surface area contributed by atoms with Gasteiger partial charge in [0.25, 0.3) is 5.91 Å². The molecular weight excluding hydrogens is 384 g/mol. The lowest BCUT2D eigenvalue weighted by Gasteiger charge is -2.19. The zero-order valence-corrected chi connectivity index (χ0v) is 16.1. The van der Waals surface area contributed by atoms with E-state index < -0.39 is 0 Å². The number of aromatic nitrogens is 1. The molecule has 1 aliphatic rings. The second kappa shape index (κ2) is 8.95. The maximum absolute atomic E-state index is 12.5. The van der Waals surface area contributed by atoms with E-state index in [4.69, 9.17) is 9.47 Å². The summed E-state index contributed by atoms with van der Waals surface area (Å²) >= 11 is 0. The topological polar surface area (TPSA) is 102 Å². The molecule has 0 bridgehead atoms. The minimum atomic E-state index is -0.333. The van der Waals surface area contributed by atoms with Gasteiger partial charge in [-0.25, -0.2) is 4.79 Å². The van der Waals surface area contributed by atoms with Crippen LogP contribution in [0.15, 0.2) is 67.0 Å². The van der Waals surface area contributed by atoms with Gasteiger partial charge in [0.05, 0.1) is 0 Å². The van der Waals surface area contributed by atoms with Gasteiger partial charge in [0.15, 0.2) is 11.5 Å². The predicted molar refractivity (Wildman–Crippen MR) is 112 cm³/mol. The summed E-state index contributed by atoms with van der Waals surface area (Å²) in [6, 6.07) is 15.2. The number of benzene rings is 2. The quantitative estimate of drug-likeness (QED) is 0.605. The fraction of sp³-hybridized carbons (Fsp3) is 0.136. The molecule has 0 spiro atoms. The summed E-state index contributed by atoms with van der Waals surface area (Å²) in [6.45, 7) is 1.39. The predicted octanol–water partition coefficient (Wildman–Crippen LogP) is 3.43. The first-order valence-corrected chi connectivity index (χ1v) is 9.42. The standard InChI is InChI=1S/C22H20N4O4/c27-21(25-18-5-6-19-20(13-18)30-12-11-29-19)16-1-3-17(4-2-16)26-22(28)24-14-15-7-9-23-10-8-15/h1-10,13H,11-12,14H2,(H,25,27)(H2,24,26,28). The molecule has 0 unspecified atom stereocenters. The third-order valence-electron chi connectivity index (χ3n) is 4.41. The van der Waals surface area contributed by atoms with E-state index in [0.29, 0.717) is 48.2 Å². The molecule has 3 N–H and O–H groups in total.